The van der Waals surface area contributed by atoms with Crippen molar-refractivity contribution in [1.29, 1.82) is 0 Å². The fourth-order valence-electron chi connectivity index (χ4n) is 1.92. The number of rotatable bonds is 4. The molecule has 1 N–H and O–H groups in total. The Morgan fingerprint density at radius 2 is 1.95 bits per heavy atom. The molecule has 20 heavy (non-hydrogen) atoms. The van der Waals surface area contributed by atoms with Crippen LogP contribution in [0.4, 0.5) is 13.2 Å². The highest BCUT2D eigenvalue weighted by Gasteiger charge is 2.30. The van der Waals surface area contributed by atoms with Crippen LogP contribution in [0, 0.1) is 6.92 Å². The van der Waals surface area contributed by atoms with Gasteiger partial charge in [0, 0.05) is 22.3 Å². The standard InChI is InChI=1S/C15H16F3NS/c1-10-6-7-14(20-10)11(2)19-9-12-4-3-5-13(8-12)15(16,17)18/h3-8,11,19H,9H2,1-2H3. The molecule has 0 aliphatic carbocycles. The van der Waals surface area contributed by atoms with E-state index in [2.05, 4.69) is 5.32 Å². The van der Waals surface area contributed by atoms with Gasteiger partial charge in [-0.3, -0.25) is 0 Å². The van der Waals surface area contributed by atoms with Crippen LogP contribution in [0.15, 0.2) is 36.4 Å². The summed E-state index contributed by atoms with van der Waals surface area (Å²) in [5.41, 5.74) is 0.0383. The van der Waals surface area contributed by atoms with Gasteiger partial charge in [-0.15, -0.1) is 11.3 Å². The molecule has 0 aliphatic heterocycles. The van der Waals surface area contributed by atoms with Crippen molar-refractivity contribution in [2.75, 3.05) is 0 Å². The first kappa shape index (κ1) is 15.1. The molecule has 0 saturated carbocycles. The Hall–Kier alpha value is -1.33. The summed E-state index contributed by atoms with van der Waals surface area (Å²) in [6.07, 6.45) is -4.29. The fourth-order valence-corrected chi connectivity index (χ4v) is 2.82. The third-order valence-electron chi connectivity index (χ3n) is 3.05. The molecule has 0 radical (unpaired) electrons. The third kappa shape index (κ3) is 3.84. The van der Waals surface area contributed by atoms with Crippen molar-refractivity contribution in [2.24, 2.45) is 0 Å². The number of alkyl halides is 3. The number of thiophene rings is 1. The number of halogens is 3. The first-order valence-electron chi connectivity index (χ1n) is 6.32. The first-order chi connectivity index (χ1) is 9.36. The average Bonchev–Trinajstić information content (AvgIpc) is 2.82. The van der Waals surface area contributed by atoms with Crippen LogP contribution in [-0.2, 0) is 12.7 Å². The summed E-state index contributed by atoms with van der Waals surface area (Å²) in [7, 11) is 0. The van der Waals surface area contributed by atoms with Gasteiger partial charge < -0.3 is 5.32 Å². The largest absolute Gasteiger partial charge is 0.416 e. The van der Waals surface area contributed by atoms with Gasteiger partial charge in [-0.25, -0.2) is 0 Å². The minimum Gasteiger partial charge on any atom is -0.305 e. The number of hydrogen-bond donors (Lipinski definition) is 1. The minimum absolute atomic E-state index is 0.128. The summed E-state index contributed by atoms with van der Waals surface area (Å²) in [6.45, 7) is 4.47. The van der Waals surface area contributed by atoms with Gasteiger partial charge in [0.2, 0.25) is 0 Å². The van der Waals surface area contributed by atoms with E-state index in [4.69, 9.17) is 0 Å². The predicted molar refractivity (Wildman–Crippen MR) is 75.8 cm³/mol. The number of aryl methyl sites for hydroxylation is 1. The summed E-state index contributed by atoms with van der Waals surface area (Å²) in [6, 6.07) is 9.65. The van der Waals surface area contributed by atoms with E-state index in [1.54, 1.807) is 17.4 Å². The fraction of sp³-hybridized carbons (Fsp3) is 0.333. The average molecular weight is 299 g/mol. The Kier molecular flexibility index (Phi) is 4.50. The van der Waals surface area contributed by atoms with E-state index in [-0.39, 0.29) is 6.04 Å². The van der Waals surface area contributed by atoms with Crippen molar-refractivity contribution in [3.05, 3.63) is 57.3 Å². The van der Waals surface area contributed by atoms with Crippen LogP contribution in [-0.4, -0.2) is 0 Å². The zero-order valence-electron chi connectivity index (χ0n) is 11.3. The SMILES string of the molecule is Cc1ccc(C(C)NCc2cccc(C(F)(F)F)c2)s1. The zero-order chi connectivity index (χ0) is 14.8. The lowest BCUT2D eigenvalue weighted by Gasteiger charge is -2.13. The summed E-state index contributed by atoms with van der Waals surface area (Å²) in [5.74, 6) is 0. The summed E-state index contributed by atoms with van der Waals surface area (Å²) >= 11 is 1.70. The molecule has 1 heterocycles. The highest BCUT2D eigenvalue weighted by Crippen LogP contribution is 2.29. The van der Waals surface area contributed by atoms with Gasteiger partial charge in [0.05, 0.1) is 5.56 Å². The van der Waals surface area contributed by atoms with Crippen molar-refractivity contribution in [1.82, 2.24) is 5.32 Å². The number of benzene rings is 1. The topological polar surface area (TPSA) is 12.0 Å². The van der Waals surface area contributed by atoms with E-state index >= 15 is 0 Å². The van der Waals surface area contributed by atoms with Crippen LogP contribution in [0.1, 0.15) is 33.8 Å². The molecule has 108 valence electrons. The van der Waals surface area contributed by atoms with Crippen LogP contribution in [0.2, 0.25) is 0 Å². The molecule has 1 unspecified atom stereocenters. The second-order valence-corrected chi connectivity index (χ2v) is 6.07. The monoisotopic (exact) mass is 299 g/mol. The zero-order valence-corrected chi connectivity index (χ0v) is 12.1. The summed E-state index contributed by atoms with van der Waals surface area (Å²) in [5, 5.41) is 3.25. The molecule has 2 rings (SSSR count). The predicted octanol–water partition coefficient (Wildman–Crippen LogP) is 4.93. The van der Waals surface area contributed by atoms with E-state index < -0.39 is 11.7 Å². The van der Waals surface area contributed by atoms with Gasteiger partial charge in [-0.05, 0) is 37.6 Å². The lowest BCUT2D eigenvalue weighted by Crippen LogP contribution is -2.17. The normalized spacial score (nSPS) is 13.4. The highest BCUT2D eigenvalue weighted by atomic mass is 32.1. The van der Waals surface area contributed by atoms with Crippen molar-refractivity contribution in [2.45, 2.75) is 32.6 Å². The van der Waals surface area contributed by atoms with Gasteiger partial charge in [-0.1, -0.05) is 18.2 Å². The smallest absolute Gasteiger partial charge is 0.305 e. The van der Waals surface area contributed by atoms with Gasteiger partial charge in [-0.2, -0.15) is 13.2 Å². The van der Waals surface area contributed by atoms with Crippen LogP contribution >= 0.6 is 11.3 Å². The maximum Gasteiger partial charge on any atom is 0.416 e. The Morgan fingerprint density at radius 1 is 1.20 bits per heavy atom. The van der Waals surface area contributed by atoms with E-state index in [1.165, 1.54) is 21.9 Å². The second kappa shape index (κ2) is 5.97. The molecular weight excluding hydrogens is 283 g/mol. The van der Waals surface area contributed by atoms with Crippen molar-refractivity contribution in [3.8, 4) is 0 Å². The van der Waals surface area contributed by atoms with E-state index in [0.717, 1.165) is 6.07 Å². The molecule has 1 atom stereocenters. The van der Waals surface area contributed by atoms with Crippen LogP contribution in [0.25, 0.3) is 0 Å². The maximum absolute atomic E-state index is 12.6. The van der Waals surface area contributed by atoms with Crippen molar-refractivity contribution < 1.29 is 13.2 Å². The van der Waals surface area contributed by atoms with E-state index in [9.17, 15) is 13.2 Å². The molecule has 1 nitrogen and oxygen atoms in total. The molecule has 1 aromatic heterocycles. The van der Waals surface area contributed by atoms with Crippen LogP contribution < -0.4 is 5.32 Å². The number of hydrogen-bond acceptors (Lipinski definition) is 2. The molecule has 0 aliphatic rings. The van der Waals surface area contributed by atoms with E-state index in [0.29, 0.717) is 12.1 Å². The Balaban J connectivity index is 2.00. The summed E-state index contributed by atoms with van der Waals surface area (Å²) < 4.78 is 37.8. The molecule has 1 aromatic carbocycles. The van der Waals surface area contributed by atoms with Crippen LogP contribution in [0.3, 0.4) is 0 Å². The molecular formula is C15H16F3NS. The maximum atomic E-state index is 12.6. The molecule has 0 spiro atoms. The van der Waals surface area contributed by atoms with Crippen molar-refractivity contribution in [3.63, 3.8) is 0 Å². The Morgan fingerprint density at radius 3 is 2.55 bits per heavy atom. The highest BCUT2D eigenvalue weighted by molar-refractivity contribution is 7.12. The molecule has 2 aromatic rings. The minimum atomic E-state index is -4.29. The molecule has 0 fully saturated rings. The summed E-state index contributed by atoms with van der Waals surface area (Å²) in [4.78, 5) is 2.42. The number of nitrogens with one attached hydrogen (secondary N) is 1. The van der Waals surface area contributed by atoms with Gasteiger partial charge >= 0.3 is 6.18 Å². The molecule has 5 heteroatoms. The quantitative estimate of drug-likeness (QED) is 0.844. The molecule has 0 saturated heterocycles. The van der Waals surface area contributed by atoms with E-state index in [1.807, 2.05) is 26.0 Å². The van der Waals surface area contributed by atoms with Gasteiger partial charge in [0.25, 0.3) is 0 Å². The van der Waals surface area contributed by atoms with Crippen LogP contribution in [0.5, 0.6) is 0 Å². The third-order valence-corrected chi connectivity index (χ3v) is 4.24. The lowest BCUT2D eigenvalue weighted by atomic mass is 10.1. The van der Waals surface area contributed by atoms with Gasteiger partial charge in [0.1, 0.15) is 0 Å². The first-order valence-corrected chi connectivity index (χ1v) is 7.14. The Labute approximate surface area is 120 Å². The lowest BCUT2D eigenvalue weighted by molar-refractivity contribution is -0.137. The Bertz CT molecular complexity index is 574. The second-order valence-electron chi connectivity index (χ2n) is 4.75. The van der Waals surface area contributed by atoms with Crippen molar-refractivity contribution >= 4 is 11.3 Å². The molecule has 0 amide bonds. The van der Waals surface area contributed by atoms with Gasteiger partial charge in [0.15, 0.2) is 0 Å². The molecule has 0 bridgehead atoms.